The molecule has 1 atom stereocenters. The van der Waals surface area contributed by atoms with Gasteiger partial charge in [-0.3, -0.25) is 4.90 Å². The van der Waals surface area contributed by atoms with E-state index in [4.69, 9.17) is 17.2 Å². The number of likely N-dealkylation sites (N-methyl/N-ethyl adjacent to an activating group) is 1. The number of hydrogen-bond donors (Lipinski definition) is 3. The van der Waals surface area contributed by atoms with E-state index in [1.165, 1.54) is 0 Å². The third-order valence-corrected chi connectivity index (χ3v) is 2.52. The van der Waals surface area contributed by atoms with Crippen molar-refractivity contribution in [3.8, 4) is 0 Å². The van der Waals surface area contributed by atoms with Gasteiger partial charge in [-0.2, -0.15) is 13.5 Å². The Labute approximate surface area is 104 Å². The van der Waals surface area contributed by atoms with Crippen LogP contribution in [0.15, 0.2) is 10.1 Å². The fourth-order valence-electron chi connectivity index (χ4n) is 1.11. The van der Waals surface area contributed by atoms with Crippen LogP contribution in [0.1, 0.15) is 0 Å². The van der Waals surface area contributed by atoms with Crippen LogP contribution in [0, 0.1) is 0 Å². The average Bonchev–Trinajstić information content (AvgIpc) is 2.22. The highest BCUT2D eigenvalue weighted by Crippen LogP contribution is 2.13. The molecule has 0 bridgehead atoms. The second-order valence-electron chi connectivity index (χ2n) is 3.54. The number of aliphatic imine (C=N–C) groups is 1. The Hall–Kier alpha value is -1.79. The molecule has 0 fully saturated rings. The van der Waals surface area contributed by atoms with Gasteiger partial charge in [0.1, 0.15) is 6.17 Å². The van der Waals surface area contributed by atoms with E-state index in [1.807, 2.05) is 0 Å². The fourth-order valence-corrected chi connectivity index (χ4v) is 1.68. The zero-order valence-corrected chi connectivity index (χ0v) is 10.7. The van der Waals surface area contributed by atoms with Gasteiger partial charge in [-0.15, -0.1) is 4.28 Å². The third kappa shape index (κ3) is 3.61. The number of oxime groups is 1. The first kappa shape index (κ1) is 14.3. The Morgan fingerprint density at radius 3 is 2.67 bits per heavy atom. The van der Waals surface area contributed by atoms with E-state index in [-0.39, 0.29) is 18.5 Å². The molecule has 104 valence electrons. The van der Waals surface area contributed by atoms with E-state index >= 15 is 0 Å². The van der Waals surface area contributed by atoms with Gasteiger partial charge in [0, 0.05) is 0 Å². The first-order valence-corrected chi connectivity index (χ1v) is 6.04. The van der Waals surface area contributed by atoms with E-state index in [0.29, 0.717) is 0 Å². The van der Waals surface area contributed by atoms with Crippen LogP contribution in [0.2, 0.25) is 0 Å². The molecule has 1 aliphatic rings. The number of hydrogen-bond acceptors (Lipinski definition) is 9. The van der Waals surface area contributed by atoms with Gasteiger partial charge < -0.3 is 17.2 Å². The van der Waals surface area contributed by atoms with Gasteiger partial charge in [-0.1, -0.05) is 0 Å². The second kappa shape index (κ2) is 5.24. The van der Waals surface area contributed by atoms with Crippen molar-refractivity contribution in [2.75, 3.05) is 20.6 Å². The predicted octanol–water partition coefficient (Wildman–Crippen LogP) is -3.11. The lowest BCUT2D eigenvalue weighted by Crippen LogP contribution is -2.55. The molecule has 0 radical (unpaired) electrons. The normalized spacial score (nSPS) is 19.9. The average molecular weight is 281 g/mol. The molecule has 0 spiro atoms. The van der Waals surface area contributed by atoms with Crippen LogP contribution in [0.4, 0.5) is 0 Å². The molecule has 0 aromatic rings. The summed E-state index contributed by atoms with van der Waals surface area (Å²) in [5.74, 6) is -0.414. The lowest BCUT2D eigenvalue weighted by atomic mass is 10.4. The van der Waals surface area contributed by atoms with E-state index in [9.17, 15) is 8.42 Å². The molecule has 18 heavy (non-hydrogen) atoms. The summed E-state index contributed by atoms with van der Waals surface area (Å²) >= 11 is 0. The second-order valence-corrected chi connectivity index (χ2v) is 4.66. The van der Waals surface area contributed by atoms with E-state index in [0.717, 1.165) is 5.06 Å². The van der Waals surface area contributed by atoms with Crippen LogP contribution in [-0.4, -0.2) is 57.1 Å². The number of nitrogens with zero attached hydrogens (tertiary/aromatic N) is 4. The van der Waals surface area contributed by atoms with Crippen molar-refractivity contribution in [3.05, 3.63) is 0 Å². The molecule has 0 aromatic heterocycles. The Morgan fingerprint density at radius 2 is 2.17 bits per heavy atom. The predicted molar refractivity (Wildman–Crippen MR) is 62.7 cm³/mol. The first-order valence-electron chi connectivity index (χ1n) is 4.70. The fraction of sp³-hybridized carbons (Fsp3) is 0.667. The van der Waals surface area contributed by atoms with E-state index < -0.39 is 16.6 Å². The molecule has 0 saturated heterocycles. The smallest absolute Gasteiger partial charge is 0.370 e. The minimum atomic E-state index is -4.26. The molecule has 0 aromatic carbocycles. The van der Waals surface area contributed by atoms with Crippen molar-refractivity contribution in [1.29, 1.82) is 0 Å². The van der Waals surface area contributed by atoms with Gasteiger partial charge in [-0.25, -0.2) is 9.28 Å². The van der Waals surface area contributed by atoms with Crippen LogP contribution < -0.4 is 17.2 Å². The number of nitrogens with two attached hydrogens (primary N) is 3. The van der Waals surface area contributed by atoms with Crippen molar-refractivity contribution in [2.45, 2.75) is 6.17 Å². The highest BCUT2D eigenvalue weighted by atomic mass is 32.3. The van der Waals surface area contributed by atoms with Gasteiger partial charge in [0.05, 0.1) is 6.54 Å². The number of rotatable bonds is 4. The molecular weight excluding hydrogens is 266 g/mol. The summed E-state index contributed by atoms with van der Waals surface area (Å²) in [6, 6.07) is 0. The van der Waals surface area contributed by atoms with Crippen molar-refractivity contribution in [1.82, 2.24) is 9.96 Å². The van der Waals surface area contributed by atoms with Crippen molar-refractivity contribution in [3.63, 3.8) is 0 Å². The molecule has 1 aliphatic heterocycles. The molecule has 1 heterocycles. The van der Waals surface area contributed by atoms with Gasteiger partial charge in [0.15, 0.2) is 5.96 Å². The van der Waals surface area contributed by atoms with Crippen LogP contribution in [0.3, 0.4) is 0 Å². The summed E-state index contributed by atoms with van der Waals surface area (Å²) in [5.41, 5.74) is 15.9. The van der Waals surface area contributed by atoms with Crippen LogP contribution in [0.5, 0.6) is 0 Å². The largest absolute Gasteiger partial charge is 0.491 e. The van der Waals surface area contributed by atoms with Crippen molar-refractivity contribution >= 4 is 22.3 Å². The Balaban J connectivity index is 2.95. The summed E-state index contributed by atoms with van der Waals surface area (Å²) in [4.78, 5) is 5.36. The molecule has 0 amide bonds. The standard InChI is InChI=1S/C6H15N7O4S/c1-12(2)4(3-10-5(7)8)13-6(9)11-16-18(14,15)17-13/h4H,3H2,1-2H3,(H2,9,11)(H4,7,8,10). The lowest BCUT2D eigenvalue weighted by molar-refractivity contribution is -0.0856. The van der Waals surface area contributed by atoms with Crippen molar-refractivity contribution < 1.29 is 17.0 Å². The van der Waals surface area contributed by atoms with E-state index in [1.54, 1.807) is 19.0 Å². The summed E-state index contributed by atoms with van der Waals surface area (Å²) in [5, 5.41) is 4.00. The van der Waals surface area contributed by atoms with E-state index in [2.05, 4.69) is 18.7 Å². The topological polar surface area (TPSA) is 162 Å². The summed E-state index contributed by atoms with van der Waals surface area (Å²) in [6.07, 6.45) is -0.672. The SMILES string of the molecule is CN(C)C(CN=C(N)N)N1OS(=O)(=O)ON=C1N. The van der Waals surface area contributed by atoms with Gasteiger partial charge in [0.2, 0.25) is 0 Å². The molecule has 11 nitrogen and oxygen atoms in total. The molecule has 0 saturated carbocycles. The number of hydroxylamine groups is 2. The molecule has 6 N–H and O–H groups in total. The summed E-state index contributed by atoms with van der Waals surface area (Å²) in [6.45, 7) is 0.0288. The molecular formula is C6H15N7O4S. The zero-order valence-electron chi connectivity index (χ0n) is 9.85. The molecule has 1 rings (SSSR count). The van der Waals surface area contributed by atoms with Gasteiger partial charge in [0.25, 0.3) is 5.96 Å². The molecule has 1 unspecified atom stereocenters. The minimum Gasteiger partial charge on any atom is -0.370 e. The first-order chi connectivity index (χ1) is 8.23. The number of guanidine groups is 2. The van der Waals surface area contributed by atoms with Crippen LogP contribution in [-0.2, 0) is 19.0 Å². The van der Waals surface area contributed by atoms with Crippen LogP contribution >= 0.6 is 0 Å². The monoisotopic (exact) mass is 281 g/mol. The maximum absolute atomic E-state index is 11.1. The van der Waals surface area contributed by atoms with Gasteiger partial charge >= 0.3 is 10.4 Å². The lowest BCUT2D eigenvalue weighted by Gasteiger charge is -2.33. The molecule has 12 heteroatoms. The Bertz CT molecular complexity index is 455. The highest BCUT2D eigenvalue weighted by Gasteiger charge is 2.34. The maximum atomic E-state index is 11.1. The van der Waals surface area contributed by atoms with Crippen molar-refractivity contribution in [2.24, 2.45) is 27.3 Å². The highest BCUT2D eigenvalue weighted by molar-refractivity contribution is 7.81. The quantitative estimate of drug-likeness (QED) is 0.357. The molecule has 0 aliphatic carbocycles. The summed E-state index contributed by atoms with van der Waals surface area (Å²) < 4.78 is 30.8. The summed E-state index contributed by atoms with van der Waals surface area (Å²) in [7, 11) is -0.944. The third-order valence-electron chi connectivity index (χ3n) is 1.92. The Morgan fingerprint density at radius 1 is 1.56 bits per heavy atom. The maximum Gasteiger partial charge on any atom is 0.491 e. The minimum absolute atomic E-state index is 0.0288. The Kier molecular flexibility index (Phi) is 4.15. The van der Waals surface area contributed by atoms with Gasteiger partial charge in [-0.05, 0) is 19.3 Å². The van der Waals surface area contributed by atoms with Crippen LogP contribution in [0.25, 0.3) is 0 Å². The zero-order chi connectivity index (χ0) is 13.9.